The lowest BCUT2D eigenvalue weighted by molar-refractivity contribution is 0.0692. The van der Waals surface area contributed by atoms with Crippen LogP contribution in [-0.2, 0) is 6.42 Å². The second-order valence-electron chi connectivity index (χ2n) is 9.43. The van der Waals surface area contributed by atoms with Crippen molar-refractivity contribution < 1.29 is 4.79 Å². The van der Waals surface area contributed by atoms with E-state index in [0.717, 1.165) is 48.4 Å². The summed E-state index contributed by atoms with van der Waals surface area (Å²) in [6, 6.07) is 12.7. The SMILES string of the molecule is CCc1cc(C(=O)N2CCCCCC2C)nc2cc(-c3ccc(NC(=S)NC4CC4)cc3)nn12. The topological polar surface area (TPSA) is 74.6 Å². The number of carbonyl (C=O) groups is 1. The fourth-order valence-corrected chi connectivity index (χ4v) is 4.85. The molecule has 34 heavy (non-hydrogen) atoms. The number of aryl methyl sites for hydroxylation is 1. The van der Waals surface area contributed by atoms with Gasteiger partial charge in [-0.1, -0.05) is 31.9 Å². The number of anilines is 1. The first-order valence-corrected chi connectivity index (χ1v) is 12.8. The molecule has 1 saturated heterocycles. The molecular formula is C26H32N6OS. The number of hydrogen-bond acceptors (Lipinski definition) is 4. The molecule has 3 aromatic rings. The van der Waals surface area contributed by atoms with Crippen molar-refractivity contribution >= 4 is 34.6 Å². The molecule has 7 nitrogen and oxygen atoms in total. The summed E-state index contributed by atoms with van der Waals surface area (Å²) in [7, 11) is 0. The quantitative estimate of drug-likeness (QED) is 0.515. The molecule has 2 N–H and O–H groups in total. The summed E-state index contributed by atoms with van der Waals surface area (Å²) in [5.41, 5.74) is 4.97. The number of thiocarbonyl (C=S) groups is 1. The first kappa shape index (κ1) is 22.8. The highest BCUT2D eigenvalue weighted by Gasteiger charge is 2.25. The average molecular weight is 477 g/mol. The van der Waals surface area contributed by atoms with Crippen molar-refractivity contribution in [2.45, 2.75) is 70.9 Å². The molecule has 1 amide bonds. The van der Waals surface area contributed by atoms with Crippen LogP contribution in [-0.4, -0.2) is 49.1 Å². The molecule has 1 aliphatic carbocycles. The van der Waals surface area contributed by atoms with E-state index in [1.165, 1.54) is 25.7 Å². The second kappa shape index (κ2) is 9.70. The molecule has 2 fully saturated rings. The van der Waals surface area contributed by atoms with E-state index in [0.29, 0.717) is 22.5 Å². The van der Waals surface area contributed by atoms with Crippen molar-refractivity contribution in [3.05, 3.63) is 47.8 Å². The van der Waals surface area contributed by atoms with Gasteiger partial charge in [0.05, 0.1) is 5.69 Å². The molecule has 3 heterocycles. The third kappa shape index (κ3) is 4.92. The summed E-state index contributed by atoms with van der Waals surface area (Å²) in [5, 5.41) is 12.0. The Balaban J connectivity index is 1.39. The summed E-state index contributed by atoms with van der Waals surface area (Å²) >= 11 is 5.37. The van der Waals surface area contributed by atoms with E-state index in [9.17, 15) is 4.79 Å². The third-order valence-electron chi connectivity index (χ3n) is 6.75. The minimum Gasteiger partial charge on any atom is -0.360 e. The number of hydrogen-bond donors (Lipinski definition) is 2. The van der Waals surface area contributed by atoms with E-state index >= 15 is 0 Å². The number of benzene rings is 1. The maximum atomic E-state index is 13.4. The van der Waals surface area contributed by atoms with Crippen LogP contribution in [0.25, 0.3) is 16.9 Å². The zero-order valence-corrected chi connectivity index (χ0v) is 20.7. The second-order valence-corrected chi connectivity index (χ2v) is 9.84. The van der Waals surface area contributed by atoms with E-state index in [1.807, 2.05) is 45.8 Å². The minimum absolute atomic E-state index is 0.0283. The van der Waals surface area contributed by atoms with Crippen molar-refractivity contribution in [2.24, 2.45) is 0 Å². The number of amides is 1. The standard InChI is InChI=1S/C26H32N6OS/c1-3-21-15-23(25(33)31-14-6-4-5-7-17(31)2)29-24-16-22(30-32(21)24)18-8-10-19(11-9-18)27-26(34)28-20-12-13-20/h8-11,15-17,20H,3-7,12-14H2,1-2H3,(H2,27,28,34). The van der Waals surface area contributed by atoms with E-state index in [-0.39, 0.29) is 11.9 Å². The van der Waals surface area contributed by atoms with Gasteiger partial charge in [0.15, 0.2) is 10.8 Å². The Kier molecular flexibility index (Phi) is 6.50. The zero-order valence-electron chi connectivity index (χ0n) is 19.9. The Morgan fingerprint density at radius 2 is 1.91 bits per heavy atom. The molecule has 5 rings (SSSR count). The van der Waals surface area contributed by atoms with Gasteiger partial charge in [0, 0.05) is 41.6 Å². The summed E-state index contributed by atoms with van der Waals surface area (Å²) in [6.07, 6.45) is 7.62. The van der Waals surface area contributed by atoms with Gasteiger partial charge in [0.25, 0.3) is 5.91 Å². The molecule has 1 saturated carbocycles. The highest BCUT2D eigenvalue weighted by Crippen LogP contribution is 2.24. The lowest BCUT2D eigenvalue weighted by atomic mass is 10.1. The first-order valence-electron chi connectivity index (χ1n) is 12.4. The van der Waals surface area contributed by atoms with E-state index in [4.69, 9.17) is 22.3 Å². The lowest BCUT2D eigenvalue weighted by Crippen LogP contribution is -2.38. The maximum absolute atomic E-state index is 13.4. The number of carbonyl (C=O) groups excluding carboxylic acids is 1. The van der Waals surface area contributed by atoms with Crippen molar-refractivity contribution in [1.29, 1.82) is 0 Å². The van der Waals surface area contributed by atoms with Crippen LogP contribution in [0.2, 0.25) is 0 Å². The average Bonchev–Trinajstić information content (AvgIpc) is 3.58. The molecule has 2 aromatic heterocycles. The molecule has 0 spiro atoms. The molecule has 1 aliphatic heterocycles. The molecular weight excluding hydrogens is 444 g/mol. The Morgan fingerprint density at radius 1 is 1.12 bits per heavy atom. The lowest BCUT2D eigenvalue weighted by Gasteiger charge is -2.27. The number of nitrogens with one attached hydrogen (secondary N) is 2. The van der Waals surface area contributed by atoms with Gasteiger partial charge in [-0.25, -0.2) is 9.50 Å². The fourth-order valence-electron chi connectivity index (χ4n) is 4.57. The smallest absolute Gasteiger partial charge is 0.272 e. The van der Waals surface area contributed by atoms with E-state index < -0.39 is 0 Å². The Labute approximate surface area is 205 Å². The van der Waals surface area contributed by atoms with Crippen molar-refractivity contribution in [1.82, 2.24) is 24.8 Å². The van der Waals surface area contributed by atoms with Gasteiger partial charge in [-0.15, -0.1) is 0 Å². The van der Waals surface area contributed by atoms with Gasteiger partial charge in [-0.2, -0.15) is 5.10 Å². The monoisotopic (exact) mass is 476 g/mol. The molecule has 1 atom stereocenters. The number of likely N-dealkylation sites (tertiary alicyclic amines) is 1. The van der Waals surface area contributed by atoms with Crippen LogP contribution < -0.4 is 10.6 Å². The number of aromatic nitrogens is 3. The Hall–Kier alpha value is -3.00. The third-order valence-corrected chi connectivity index (χ3v) is 6.97. The van der Waals surface area contributed by atoms with Crippen LogP contribution in [0.5, 0.6) is 0 Å². The van der Waals surface area contributed by atoms with Crippen molar-refractivity contribution in [3.63, 3.8) is 0 Å². The predicted octanol–water partition coefficient (Wildman–Crippen LogP) is 4.81. The van der Waals surface area contributed by atoms with Crippen LogP contribution in [0, 0.1) is 0 Å². The first-order chi connectivity index (χ1) is 16.5. The summed E-state index contributed by atoms with van der Waals surface area (Å²) < 4.78 is 1.86. The predicted molar refractivity (Wildman–Crippen MR) is 139 cm³/mol. The summed E-state index contributed by atoms with van der Waals surface area (Å²) in [5.74, 6) is 0.0283. The zero-order chi connectivity index (χ0) is 23.7. The highest BCUT2D eigenvalue weighted by atomic mass is 32.1. The largest absolute Gasteiger partial charge is 0.360 e. The van der Waals surface area contributed by atoms with Crippen molar-refractivity contribution in [2.75, 3.05) is 11.9 Å². The summed E-state index contributed by atoms with van der Waals surface area (Å²) in [6.45, 7) is 5.03. The molecule has 2 aliphatic rings. The maximum Gasteiger partial charge on any atom is 0.272 e. The molecule has 1 unspecified atom stereocenters. The molecule has 178 valence electrons. The van der Waals surface area contributed by atoms with Gasteiger partial charge in [0.1, 0.15) is 5.69 Å². The number of rotatable bonds is 5. The van der Waals surface area contributed by atoms with Crippen LogP contribution >= 0.6 is 12.2 Å². The molecule has 1 aromatic carbocycles. The number of fused-ring (bicyclic) bond motifs is 1. The van der Waals surface area contributed by atoms with Crippen LogP contribution in [0.3, 0.4) is 0 Å². The molecule has 0 bridgehead atoms. The normalized spacial score (nSPS) is 18.5. The van der Waals surface area contributed by atoms with Crippen LogP contribution in [0.15, 0.2) is 36.4 Å². The van der Waals surface area contributed by atoms with Gasteiger partial charge >= 0.3 is 0 Å². The highest BCUT2D eigenvalue weighted by molar-refractivity contribution is 7.80. The Morgan fingerprint density at radius 3 is 2.65 bits per heavy atom. The van der Waals surface area contributed by atoms with Crippen molar-refractivity contribution in [3.8, 4) is 11.3 Å². The fraction of sp³-hybridized carbons (Fsp3) is 0.462. The minimum atomic E-state index is 0.0283. The van der Waals surface area contributed by atoms with Gasteiger partial charge in [-0.3, -0.25) is 4.79 Å². The summed E-state index contributed by atoms with van der Waals surface area (Å²) in [4.78, 5) is 20.1. The van der Waals surface area contributed by atoms with Gasteiger partial charge in [0.2, 0.25) is 0 Å². The molecule has 8 heteroatoms. The number of nitrogens with zero attached hydrogens (tertiary/aromatic N) is 4. The molecule has 0 radical (unpaired) electrons. The Bertz CT molecular complexity index is 1200. The van der Waals surface area contributed by atoms with Crippen LogP contribution in [0.4, 0.5) is 5.69 Å². The van der Waals surface area contributed by atoms with Gasteiger partial charge in [-0.05, 0) is 69.4 Å². The van der Waals surface area contributed by atoms with E-state index in [2.05, 4.69) is 24.5 Å². The van der Waals surface area contributed by atoms with Crippen LogP contribution in [0.1, 0.15) is 68.6 Å². The van der Waals surface area contributed by atoms with Gasteiger partial charge < -0.3 is 15.5 Å². The van der Waals surface area contributed by atoms with E-state index in [1.54, 1.807) is 0 Å².